The van der Waals surface area contributed by atoms with E-state index < -0.39 is 0 Å². The van der Waals surface area contributed by atoms with Gasteiger partial charge in [0.2, 0.25) is 0 Å². The van der Waals surface area contributed by atoms with Crippen molar-refractivity contribution in [3.8, 4) is 10.6 Å². The number of carbonyl (C=O) groups excluding carboxylic acids is 1. The highest BCUT2D eigenvalue weighted by Gasteiger charge is 2.24. The van der Waals surface area contributed by atoms with Crippen LogP contribution in [0.4, 0.5) is 0 Å². The molecular formula is C19H23N7OS. The van der Waals surface area contributed by atoms with Gasteiger partial charge in [0, 0.05) is 50.2 Å². The van der Waals surface area contributed by atoms with Crippen LogP contribution in [0, 0.1) is 0 Å². The van der Waals surface area contributed by atoms with Crippen molar-refractivity contribution in [2.24, 2.45) is 5.73 Å². The van der Waals surface area contributed by atoms with E-state index in [4.69, 9.17) is 10.7 Å². The number of nitrogens with two attached hydrogens (primary N) is 1. The van der Waals surface area contributed by atoms with Gasteiger partial charge < -0.3 is 10.6 Å². The van der Waals surface area contributed by atoms with Gasteiger partial charge in [-0.05, 0) is 0 Å². The van der Waals surface area contributed by atoms with Crippen molar-refractivity contribution in [3.05, 3.63) is 53.3 Å². The molecule has 0 radical (unpaired) electrons. The molecule has 1 aliphatic rings. The number of hydrogen-bond acceptors (Lipinski definition) is 7. The minimum Gasteiger partial charge on any atom is -0.335 e. The first kappa shape index (κ1) is 18.7. The van der Waals surface area contributed by atoms with Gasteiger partial charge >= 0.3 is 0 Å². The highest BCUT2D eigenvalue weighted by atomic mass is 32.1. The van der Waals surface area contributed by atoms with Crippen molar-refractivity contribution in [2.45, 2.75) is 13.1 Å². The van der Waals surface area contributed by atoms with Crippen LogP contribution in [0.1, 0.15) is 16.2 Å². The Balaban J connectivity index is 1.30. The Labute approximate surface area is 167 Å². The van der Waals surface area contributed by atoms with Crippen molar-refractivity contribution >= 4 is 17.2 Å². The first-order valence-electron chi connectivity index (χ1n) is 9.34. The molecule has 28 heavy (non-hydrogen) atoms. The molecule has 1 amide bonds. The normalized spacial score (nSPS) is 15.1. The SMILES string of the molecule is NCCn1cc(C(=O)N2CCN(Cc3csc(-c4ccccc4)n3)CC2)nn1. The number of nitrogens with zero attached hydrogens (tertiary/aromatic N) is 6. The van der Waals surface area contributed by atoms with Crippen molar-refractivity contribution in [2.75, 3.05) is 32.7 Å². The molecule has 1 saturated heterocycles. The van der Waals surface area contributed by atoms with Crippen molar-refractivity contribution in [3.63, 3.8) is 0 Å². The summed E-state index contributed by atoms with van der Waals surface area (Å²) in [6.07, 6.45) is 1.67. The van der Waals surface area contributed by atoms with Gasteiger partial charge in [0.05, 0.1) is 18.4 Å². The van der Waals surface area contributed by atoms with Gasteiger partial charge in [-0.1, -0.05) is 35.5 Å². The summed E-state index contributed by atoms with van der Waals surface area (Å²) in [6, 6.07) is 10.2. The van der Waals surface area contributed by atoms with Gasteiger partial charge in [0.25, 0.3) is 5.91 Å². The minimum absolute atomic E-state index is 0.0667. The highest BCUT2D eigenvalue weighted by Crippen LogP contribution is 2.24. The van der Waals surface area contributed by atoms with E-state index in [-0.39, 0.29) is 5.91 Å². The van der Waals surface area contributed by atoms with Crippen LogP contribution < -0.4 is 5.73 Å². The van der Waals surface area contributed by atoms with Gasteiger partial charge in [-0.2, -0.15) is 0 Å². The monoisotopic (exact) mass is 397 g/mol. The molecule has 1 fully saturated rings. The summed E-state index contributed by atoms with van der Waals surface area (Å²) < 4.78 is 1.61. The quantitative estimate of drug-likeness (QED) is 0.674. The number of rotatable bonds is 6. The summed E-state index contributed by atoms with van der Waals surface area (Å²) in [7, 11) is 0. The van der Waals surface area contributed by atoms with Crippen LogP contribution in [0.15, 0.2) is 41.9 Å². The zero-order chi connectivity index (χ0) is 19.3. The Morgan fingerprint density at radius 3 is 2.68 bits per heavy atom. The summed E-state index contributed by atoms with van der Waals surface area (Å²) in [5.41, 5.74) is 8.12. The second kappa shape index (κ2) is 8.59. The molecule has 0 saturated carbocycles. The number of thiazole rings is 1. The van der Waals surface area contributed by atoms with Crippen LogP contribution in [0.5, 0.6) is 0 Å². The van der Waals surface area contributed by atoms with Gasteiger partial charge in [0.1, 0.15) is 5.01 Å². The van der Waals surface area contributed by atoms with Gasteiger partial charge in [-0.3, -0.25) is 14.4 Å². The van der Waals surface area contributed by atoms with Crippen molar-refractivity contribution in [1.29, 1.82) is 0 Å². The van der Waals surface area contributed by atoms with Crippen LogP contribution in [0.25, 0.3) is 10.6 Å². The second-order valence-electron chi connectivity index (χ2n) is 6.73. The molecule has 1 aromatic carbocycles. The lowest BCUT2D eigenvalue weighted by Gasteiger charge is -2.33. The highest BCUT2D eigenvalue weighted by molar-refractivity contribution is 7.13. The summed E-state index contributed by atoms with van der Waals surface area (Å²) in [5.74, 6) is -0.0667. The van der Waals surface area contributed by atoms with E-state index in [1.54, 1.807) is 22.2 Å². The molecule has 4 rings (SSSR count). The average Bonchev–Trinajstić information content (AvgIpc) is 3.39. The second-order valence-corrected chi connectivity index (χ2v) is 7.59. The Morgan fingerprint density at radius 1 is 1.14 bits per heavy atom. The fourth-order valence-corrected chi connectivity index (χ4v) is 4.05. The topological polar surface area (TPSA) is 93.2 Å². The molecule has 3 heterocycles. The molecule has 0 spiro atoms. The van der Waals surface area contributed by atoms with Crippen molar-refractivity contribution < 1.29 is 4.79 Å². The van der Waals surface area contributed by atoms with Crippen LogP contribution in [-0.2, 0) is 13.1 Å². The van der Waals surface area contributed by atoms with E-state index in [2.05, 4.69) is 32.7 Å². The number of piperazine rings is 1. The van der Waals surface area contributed by atoms with Gasteiger partial charge in [-0.25, -0.2) is 4.98 Å². The fourth-order valence-electron chi connectivity index (χ4n) is 3.23. The molecule has 0 atom stereocenters. The number of aromatic nitrogens is 4. The zero-order valence-corrected chi connectivity index (χ0v) is 16.4. The maximum absolute atomic E-state index is 12.6. The first-order chi connectivity index (χ1) is 13.7. The number of hydrogen-bond donors (Lipinski definition) is 1. The smallest absolute Gasteiger partial charge is 0.276 e. The fraction of sp³-hybridized carbons (Fsp3) is 0.368. The third kappa shape index (κ3) is 4.27. The maximum Gasteiger partial charge on any atom is 0.276 e. The standard InChI is InChI=1S/C19H23N7OS/c20-6-7-26-13-17(22-23-26)19(27)25-10-8-24(9-11-25)12-16-14-28-18(21-16)15-4-2-1-3-5-15/h1-5,13-14H,6-12,20H2. The number of amides is 1. The number of carbonyl (C=O) groups is 1. The van der Waals surface area contributed by atoms with E-state index in [9.17, 15) is 4.79 Å². The molecule has 2 aromatic heterocycles. The lowest BCUT2D eigenvalue weighted by Crippen LogP contribution is -2.48. The summed E-state index contributed by atoms with van der Waals surface area (Å²) in [6.45, 7) is 4.83. The van der Waals surface area contributed by atoms with Gasteiger partial charge in [-0.15, -0.1) is 16.4 Å². The lowest BCUT2D eigenvalue weighted by atomic mass is 10.2. The molecule has 0 bridgehead atoms. The summed E-state index contributed by atoms with van der Waals surface area (Å²) >= 11 is 1.67. The molecule has 2 N–H and O–H groups in total. The largest absolute Gasteiger partial charge is 0.335 e. The van der Waals surface area contributed by atoms with Crippen LogP contribution in [-0.4, -0.2) is 68.4 Å². The maximum atomic E-state index is 12.6. The Hall–Kier alpha value is -2.62. The first-order valence-corrected chi connectivity index (χ1v) is 10.2. The third-order valence-corrected chi connectivity index (χ3v) is 5.67. The molecule has 1 aliphatic heterocycles. The molecular weight excluding hydrogens is 374 g/mol. The summed E-state index contributed by atoms with van der Waals surface area (Å²) in [5, 5.41) is 11.1. The predicted octanol–water partition coefficient (Wildman–Crippen LogP) is 1.32. The zero-order valence-electron chi connectivity index (χ0n) is 15.6. The molecule has 146 valence electrons. The van der Waals surface area contributed by atoms with Crippen LogP contribution in [0.3, 0.4) is 0 Å². The molecule has 0 unspecified atom stereocenters. The predicted molar refractivity (Wildman–Crippen MR) is 108 cm³/mol. The summed E-state index contributed by atoms with van der Waals surface area (Å²) in [4.78, 5) is 21.5. The van der Waals surface area contributed by atoms with Gasteiger partial charge in [0.15, 0.2) is 5.69 Å². The van der Waals surface area contributed by atoms with E-state index >= 15 is 0 Å². The molecule has 0 aliphatic carbocycles. The Morgan fingerprint density at radius 2 is 1.93 bits per heavy atom. The third-order valence-electron chi connectivity index (χ3n) is 4.73. The van der Waals surface area contributed by atoms with Crippen LogP contribution in [0.2, 0.25) is 0 Å². The number of benzene rings is 1. The molecule has 8 nitrogen and oxygen atoms in total. The average molecular weight is 398 g/mol. The van der Waals surface area contributed by atoms with E-state index in [1.165, 1.54) is 0 Å². The Bertz CT molecular complexity index is 915. The Kier molecular flexibility index (Phi) is 5.75. The molecule has 3 aromatic rings. The lowest BCUT2D eigenvalue weighted by molar-refractivity contribution is 0.0621. The van der Waals surface area contributed by atoms with Crippen molar-refractivity contribution in [1.82, 2.24) is 29.8 Å². The molecule has 9 heteroatoms. The van der Waals surface area contributed by atoms with E-state index in [0.717, 1.165) is 35.9 Å². The van der Waals surface area contributed by atoms with Crippen LogP contribution >= 0.6 is 11.3 Å². The van der Waals surface area contributed by atoms with E-state index in [1.807, 2.05) is 23.1 Å². The minimum atomic E-state index is -0.0667. The van der Waals surface area contributed by atoms with E-state index in [0.29, 0.717) is 31.9 Å².